The van der Waals surface area contributed by atoms with Gasteiger partial charge in [0.15, 0.2) is 0 Å². The van der Waals surface area contributed by atoms with Crippen molar-refractivity contribution < 1.29 is 5.11 Å². The molecule has 2 fully saturated rings. The van der Waals surface area contributed by atoms with Crippen LogP contribution in [-0.2, 0) is 6.54 Å². The Balaban J connectivity index is 1.39. The van der Waals surface area contributed by atoms with E-state index in [1.165, 1.54) is 5.56 Å². The molecule has 4 heterocycles. The number of piperidine rings is 1. The average Bonchev–Trinajstić information content (AvgIpc) is 2.95. The number of rotatable bonds is 4. The van der Waals surface area contributed by atoms with E-state index in [1.807, 2.05) is 30.7 Å². The summed E-state index contributed by atoms with van der Waals surface area (Å²) in [5, 5.41) is 9.94. The van der Waals surface area contributed by atoms with Crippen molar-refractivity contribution in [3.8, 4) is 0 Å². The minimum atomic E-state index is -0.253. The van der Waals surface area contributed by atoms with Gasteiger partial charge in [-0.2, -0.15) is 4.98 Å². The van der Waals surface area contributed by atoms with Crippen LogP contribution < -0.4 is 9.80 Å². The molecule has 0 aromatic carbocycles. The zero-order valence-electron chi connectivity index (χ0n) is 15.7. The summed E-state index contributed by atoms with van der Waals surface area (Å²) in [4.78, 5) is 20.5. The molecule has 1 atom stereocenters. The minimum absolute atomic E-state index is 0.253. The molecule has 27 heavy (non-hydrogen) atoms. The van der Waals surface area contributed by atoms with E-state index in [0.717, 1.165) is 70.3 Å². The normalized spacial score (nSPS) is 21.9. The second-order valence-electron chi connectivity index (χ2n) is 7.43. The Hall–Kier alpha value is -2.25. The highest BCUT2D eigenvalue weighted by atomic mass is 16.3. The topological polar surface area (TPSA) is 68.6 Å². The number of hydrogen-bond donors (Lipinski definition) is 1. The maximum absolute atomic E-state index is 9.94. The maximum Gasteiger partial charge on any atom is 0.227 e. The molecular formula is C20H28N6O. The van der Waals surface area contributed by atoms with Gasteiger partial charge in [-0.3, -0.25) is 9.88 Å². The highest BCUT2D eigenvalue weighted by molar-refractivity contribution is 5.44. The fourth-order valence-electron chi connectivity index (χ4n) is 3.91. The van der Waals surface area contributed by atoms with Crippen molar-refractivity contribution in [2.24, 2.45) is 0 Å². The Morgan fingerprint density at radius 2 is 1.93 bits per heavy atom. The van der Waals surface area contributed by atoms with Gasteiger partial charge in [0.2, 0.25) is 5.95 Å². The van der Waals surface area contributed by atoms with Gasteiger partial charge in [-0.05, 0) is 37.0 Å². The first kappa shape index (κ1) is 18.1. The van der Waals surface area contributed by atoms with E-state index in [2.05, 4.69) is 30.7 Å². The van der Waals surface area contributed by atoms with Crippen LogP contribution >= 0.6 is 0 Å². The number of pyridine rings is 1. The van der Waals surface area contributed by atoms with E-state index in [-0.39, 0.29) is 6.10 Å². The monoisotopic (exact) mass is 368 g/mol. The number of aromatic nitrogens is 3. The van der Waals surface area contributed by atoms with Gasteiger partial charge in [0.1, 0.15) is 5.82 Å². The van der Waals surface area contributed by atoms with Crippen molar-refractivity contribution in [3.63, 3.8) is 0 Å². The molecule has 0 amide bonds. The summed E-state index contributed by atoms with van der Waals surface area (Å²) in [6, 6.07) is 6.08. The summed E-state index contributed by atoms with van der Waals surface area (Å²) in [6.07, 6.45) is 8.34. The molecule has 2 aliphatic rings. The van der Waals surface area contributed by atoms with Gasteiger partial charge in [-0.15, -0.1) is 0 Å². The van der Waals surface area contributed by atoms with E-state index in [1.54, 1.807) is 0 Å². The third-order valence-electron chi connectivity index (χ3n) is 5.35. The van der Waals surface area contributed by atoms with Gasteiger partial charge in [-0.1, -0.05) is 6.07 Å². The lowest BCUT2D eigenvalue weighted by Crippen LogP contribution is -2.39. The van der Waals surface area contributed by atoms with Crippen molar-refractivity contribution in [2.75, 3.05) is 49.1 Å². The van der Waals surface area contributed by atoms with Crippen molar-refractivity contribution in [1.29, 1.82) is 0 Å². The predicted octanol–water partition coefficient (Wildman–Crippen LogP) is 1.54. The van der Waals surface area contributed by atoms with Crippen LogP contribution in [0.2, 0.25) is 0 Å². The Labute approximate surface area is 160 Å². The smallest absolute Gasteiger partial charge is 0.227 e. The largest absolute Gasteiger partial charge is 0.391 e. The molecule has 0 saturated carbocycles. The van der Waals surface area contributed by atoms with Crippen LogP contribution in [0, 0.1) is 0 Å². The fourth-order valence-corrected chi connectivity index (χ4v) is 3.91. The van der Waals surface area contributed by atoms with E-state index < -0.39 is 0 Å². The van der Waals surface area contributed by atoms with E-state index in [4.69, 9.17) is 4.98 Å². The lowest BCUT2D eigenvalue weighted by atomic mass is 10.1. The van der Waals surface area contributed by atoms with Crippen LogP contribution in [0.15, 0.2) is 36.8 Å². The molecule has 4 rings (SSSR count). The van der Waals surface area contributed by atoms with Crippen LogP contribution in [0.5, 0.6) is 0 Å². The Bertz CT molecular complexity index is 727. The quantitative estimate of drug-likeness (QED) is 0.878. The summed E-state index contributed by atoms with van der Waals surface area (Å²) >= 11 is 0. The first-order valence-corrected chi connectivity index (χ1v) is 9.90. The standard InChI is InChI=1S/C20H28N6O/c27-18-5-2-10-26(16-18)19-6-8-22-20(23-19)25-11-3-9-24(12-13-25)15-17-4-1-7-21-14-17/h1,4,6-8,14,18,27H,2-3,5,9-13,15-16H2. The number of hydrogen-bond acceptors (Lipinski definition) is 7. The third kappa shape index (κ3) is 4.73. The van der Waals surface area contributed by atoms with Crippen LogP contribution in [0.3, 0.4) is 0 Å². The highest BCUT2D eigenvalue weighted by Crippen LogP contribution is 2.20. The summed E-state index contributed by atoms with van der Waals surface area (Å²) in [5.74, 6) is 1.73. The van der Waals surface area contributed by atoms with Crippen molar-refractivity contribution in [2.45, 2.75) is 31.9 Å². The van der Waals surface area contributed by atoms with Gasteiger partial charge < -0.3 is 14.9 Å². The molecule has 144 valence electrons. The summed E-state index contributed by atoms with van der Waals surface area (Å²) in [5.41, 5.74) is 1.26. The van der Waals surface area contributed by atoms with Crippen molar-refractivity contribution in [3.05, 3.63) is 42.4 Å². The molecule has 2 saturated heterocycles. The van der Waals surface area contributed by atoms with Crippen LogP contribution in [0.1, 0.15) is 24.8 Å². The number of nitrogens with zero attached hydrogens (tertiary/aromatic N) is 6. The first-order valence-electron chi connectivity index (χ1n) is 9.90. The Kier molecular flexibility index (Phi) is 5.79. The molecule has 7 nitrogen and oxygen atoms in total. The Morgan fingerprint density at radius 1 is 1.00 bits per heavy atom. The molecule has 1 N–H and O–H groups in total. The predicted molar refractivity (Wildman–Crippen MR) is 106 cm³/mol. The molecular weight excluding hydrogens is 340 g/mol. The molecule has 0 spiro atoms. The third-order valence-corrected chi connectivity index (χ3v) is 5.35. The van der Waals surface area contributed by atoms with E-state index in [9.17, 15) is 5.11 Å². The van der Waals surface area contributed by atoms with E-state index in [0.29, 0.717) is 6.54 Å². The van der Waals surface area contributed by atoms with Crippen molar-refractivity contribution >= 4 is 11.8 Å². The van der Waals surface area contributed by atoms with Gasteiger partial charge in [0, 0.05) is 64.4 Å². The molecule has 0 bridgehead atoms. The summed E-state index contributed by atoms with van der Waals surface area (Å²) < 4.78 is 0. The van der Waals surface area contributed by atoms with Crippen molar-refractivity contribution in [1.82, 2.24) is 19.9 Å². The first-order chi connectivity index (χ1) is 13.3. The maximum atomic E-state index is 9.94. The van der Waals surface area contributed by atoms with Crippen LogP contribution in [0.25, 0.3) is 0 Å². The van der Waals surface area contributed by atoms with Gasteiger partial charge in [-0.25, -0.2) is 4.98 Å². The lowest BCUT2D eigenvalue weighted by Gasteiger charge is -2.31. The molecule has 2 aromatic heterocycles. The number of anilines is 2. The van der Waals surface area contributed by atoms with Gasteiger partial charge in [0.05, 0.1) is 6.10 Å². The summed E-state index contributed by atoms with van der Waals surface area (Å²) in [6.45, 7) is 6.51. The average molecular weight is 368 g/mol. The van der Waals surface area contributed by atoms with Gasteiger partial charge >= 0.3 is 0 Å². The molecule has 0 radical (unpaired) electrons. The number of aliphatic hydroxyl groups is 1. The lowest BCUT2D eigenvalue weighted by molar-refractivity contribution is 0.154. The Morgan fingerprint density at radius 3 is 2.78 bits per heavy atom. The highest BCUT2D eigenvalue weighted by Gasteiger charge is 2.21. The molecule has 2 aliphatic heterocycles. The zero-order chi connectivity index (χ0) is 18.5. The molecule has 1 unspecified atom stereocenters. The molecule has 7 heteroatoms. The molecule has 2 aromatic rings. The summed E-state index contributed by atoms with van der Waals surface area (Å²) in [7, 11) is 0. The van der Waals surface area contributed by atoms with Crippen LogP contribution in [-0.4, -0.2) is 70.3 Å². The van der Waals surface area contributed by atoms with E-state index >= 15 is 0 Å². The number of aliphatic hydroxyl groups excluding tert-OH is 1. The second-order valence-corrected chi connectivity index (χ2v) is 7.43. The zero-order valence-corrected chi connectivity index (χ0v) is 15.7. The number of β-amino-alcohol motifs (C(OH)–C–C–N with tert-alkyl or cyclic N) is 1. The minimum Gasteiger partial charge on any atom is -0.391 e. The SMILES string of the molecule is OC1CCCN(c2ccnc(N3CCCN(Cc4cccnc4)CC3)n2)C1. The molecule has 0 aliphatic carbocycles. The second kappa shape index (κ2) is 8.63. The van der Waals surface area contributed by atoms with Gasteiger partial charge in [0.25, 0.3) is 0 Å². The fraction of sp³-hybridized carbons (Fsp3) is 0.550. The van der Waals surface area contributed by atoms with Crippen LogP contribution in [0.4, 0.5) is 11.8 Å².